The van der Waals surface area contributed by atoms with Crippen LogP contribution in [-0.2, 0) is 9.53 Å². The molecule has 30 heavy (non-hydrogen) atoms. The van der Waals surface area contributed by atoms with Crippen LogP contribution >= 0.6 is 0 Å². The average molecular weight is 402 g/mol. The number of fused-ring (bicyclic) bond motifs is 1. The van der Waals surface area contributed by atoms with Gasteiger partial charge in [-0.15, -0.1) is 0 Å². The molecule has 0 radical (unpaired) electrons. The zero-order chi connectivity index (χ0) is 20.2. The number of H-pyrrole nitrogens is 1. The second-order valence-corrected chi connectivity index (χ2v) is 8.05. The van der Waals surface area contributed by atoms with Crippen LogP contribution in [0.2, 0.25) is 0 Å². The second kappa shape index (κ2) is 6.48. The Morgan fingerprint density at radius 2 is 2.23 bits per heavy atom. The van der Waals surface area contributed by atoms with Crippen molar-refractivity contribution >= 4 is 22.8 Å². The first-order chi connectivity index (χ1) is 14.7. The topological polar surface area (TPSA) is 99.8 Å². The van der Waals surface area contributed by atoms with Gasteiger partial charge in [0.05, 0.1) is 28.8 Å². The van der Waals surface area contributed by atoms with Gasteiger partial charge in [-0.1, -0.05) is 0 Å². The molecule has 0 saturated carbocycles. The number of carbonyl (C=O) groups is 1. The van der Waals surface area contributed by atoms with E-state index in [2.05, 4.69) is 31.9 Å². The fourth-order valence-electron chi connectivity index (χ4n) is 4.96. The summed E-state index contributed by atoms with van der Waals surface area (Å²) in [6, 6.07) is 5.86. The molecule has 1 aromatic heterocycles. The monoisotopic (exact) mass is 402 g/mol. The van der Waals surface area contributed by atoms with Crippen molar-refractivity contribution in [3.8, 4) is 0 Å². The number of carbonyl (C=O) groups excluding carboxylic acids is 1. The minimum atomic E-state index is -0.300. The summed E-state index contributed by atoms with van der Waals surface area (Å²) in [5, 5.41) is 0. The Balaban J connectivity index is 1.45. The molecule has 0 unspecified atom stereocenters. The summed E-state index contributed by atoms with van der Waals surface area (Å²) in [7, 11) is 0. The van der Waals surface area contributed by atoms with Crippen molar-refractivity contribution in [1.82, 2.24) is 19.8 Å². The highest BCUT2D eigenvalue weighted by Gasteiger charge is 2.39. The first-order valence-corrected chi connectivity index (χ1v) is 10.3. The van der Waals surface area contributed by atoms with E-state index in [1.807, 2.05) is 12.3 Å². The number of aromatic amines is 1. The van der Waals surface area contributed by atoms with Crippen molar-refractivity contribution in [2.24, 2.45) is 10.7 Å². The summed E-state index contributed by atoms with van der Waals surface area (Å²) in [6.07, 6.45) is 8.04. The predicted octanol–water partition coefficient (Wildman–Crippen LogP) is 1.99. The standard InChI is InChI=1S/C22H22N6O2/c23-21(29)18-2-1-6-27(18)19-11-30-10-14-5-7-28-20(14)15(19)9-24-22(28)13-3-4-16-17(8-13)26-12-25-16/h3-4,8-9,11-12,18H,1-2,5-7,10H2,(H2,23,29)(H,25,26)/t18-/m0/s1. The van der Waals surface area contributed by atoms with Gasteiger partial charge in [-0.3, -0.25) is 4.79 Å². The van der Waals surface area contributed by atoms with Crippen LogP contribution in [0.3, 0.4) is 0 Å². The third-order valence-electron chi connectivity index (χ3n) is 6.37. The number of amides is 1. The van der Waals surface area contributed by atoms with E-state index in [1.54, 1.807) is 12.6 Å². The molecule has 1 aromatic carbocycles. The lowest BCUT2D eigenvalue weighted by Gasteiger charge is -2.33. The van der Waals surface area contributed by atoms with Crippen LogP contribution in [-0.4, -0.2) is 57.2 Å². The molecule has 0 aliphatic carbocycles. The van der Waals surface area contributed by atoms with Crippen LogP contribution in [0.4, 0.5) is 0 Å². The lowest BCUT2D eigenvalue weighted by molar-refractivity contribution is -0.121. The van der Waals surface area contributed by atoms with Crippen molar-refractivity contribution in [1.29, 1.82) is 0 Å². The molecule has 3 N–H and O–H groups in total. The number of aromatic nitrogens is 2. The molecule has 6 rings (SSSR count). The van der Waals surface area contributed by atoms with Gasteiger partial charge in [0.25, 0.3) is 0 Å². The van der Waals surface area contributed by atoms with Gasteiger partial charge in [-0.25, -0.2) is 9.98 Å². The van der Waals surface area contributed by atoms with E-state index in [9.17, 15) is 4.79 Å². The Kier molecular flexibility index (Phi) is 3.74. The number of likely N-dealkylation sites (tertiary alicyclic amines) is 1. The van der Waals surface area contributed by atoms with E-state index in [4.69, 9.17) is 15.5 Å². The number of nitrogens with two attached hydrogens (primary N) is 1. The molecule has 8 heteroatoms. The second-order valence-electron chi connectivity index (χ2n) is 8.05. The number of nitrogens with zero attached hydrogens (tertiary/aromatic N) is 4. The average Bonchev–Trinajstić information content (AvgIpc) is 3.47. The van der Waals surface area contributed by atoms with Gasteiger partial charge < -0.3 is 25.3 Å². The fraction of sp³-hybridized carbons (Fsp3) is 0.318. The number of primary amides is 1. The Bertz CT molecular complexity index is 1190. The number of amidine groups is 1. The lowest BCUT2D eigenvalue weighted by atomic mass is 10.0. The summed E-state index contributed by atoms with van der Waals surface area (Å²) in [6.45, 7) is 2.20. The summed E-state index contributed by atoms with van der Waals surface area (Å²) in [5.41, 5.74) is 13.0. The number of nitrogens with one attached hydrogen (secondary N) is 1. The quantitative estimate of drug-likeness (QED) is 0.818. The maximum absolute atomic E-state index is 12.0. The third-order valence-corrected chi connectivity index (χ3v) is 6.37. The zero-order valence-corrected chi connectivity index (χ0v) is 16.5. The number of aliphatic imine (C=N–C) groups is 1. The number of hydrogen-bond acceptors (Lipinski definition) is 6. The van der Waals surface area contributed by atoms with Crippen molar-refractivity contribution in [3.05, 3.63) is 65.1 Å². The van der Waals surface area contributed by atoms with Gasteiger partial charge in [0.1, 0.15) is 24.7 Å². The SMILES string of the molecule is NC(=O)[C@@H]1CCCN1C1=COCC2=C3C1=CN=C(c1ccc4nc[nH]c4c1)N3CC2. The van der Waals surface area contributed by atoms with Gasteiger partial charge in [-0.05, 0) is 43.0 Å². The summed E-state index contributed by atoms with van der Waals surface area (Å²) >= 11 is 0. The maximum atomic E-state index is 12.0. The molecule has 0 bridgehead atoms. The Morgan fingerprint density at radius 3 is 3.13 bits per heavy atom. The van der Waals surface area contributed by atoms with Crippen molar-refractivity contribution in [3.63, 3.8) is 0 Å². The van der Waals surface area contributed by atoms with Crippen LogP contribution in [0.25, 0.3) is 11.0 Å². The van der Waals surface area contributed by atoms with Crippen LogP contribution in [0.1, 0.15) is 24.8 Å². The smallest absolute Gasteiger partial charge is 0.240 e. The first-order valence-electron chi connectivity index (χ1n) is 10.3. The fourth-order valence-corrected chi connectivity index (χ4v) is 4.96. The molecule has 1 atom stereocenters. The van der Waals surface area contributed by atoms with Gasteiger partial charge >= 0.3 is 0 Å². The van der Waals surface area contributed by atoms with Crippen molar-refractivity contribution in [2.45, 2.75) is 25.3 Å². The molecular weight excluding hydrogens is 380 g/mol. The largest absolute Gasteiger partial charge is 0.495 e. The van der Waals surface area contributed by atoms with Crippen LogP contribution < -0.4 is 5.73 Å². The highest BCUT2D eigenvalue weighted by atomic mass is 16.5. The molecule has 5 heterocycles. The van der Waals surface area contributed by atoms with E-state index < -0.39 is 0 Å². The van der Waals surface area contributed by atoms with Crippen molar-refractivity contribution < 1.29 is 9.53 Å². The number of hydrogen-bond donors (Lipinski definition) is 2. The number of imidazole rings is 1. The molecule has 2 aromatic rings. The molecule has 4 aliphatic rings. The van der Waals surface area contributed by atoms with Gasteiger partial charge in [0.2, 0.25) is 5.91 Å². The molecule has 1 saturated heterocycles. The minimum Gasteiger partial charge on any atom is -0.495 e. The molecule has 0 spiro atoms. The molecule has 4 aliphatic heterocycles. The van der Waals surface area contributed by atoms with Gasteiger partial charge in [-0.2, -0.15) is 0 Å². The normalized spacial score (nSPS) is 23.1. The number of rotatable bonds is 3. The Labute approximate surface area is 173 Å². The van der Waals surface area contributed by atoms with E-state index in [0.717, 1.165) is 71.8 Å². The zero-order valence-electron chi connectivity index (χ0n) is 16.5. The van der Waals surface area contributed by atoms with Gasteiger partial charge in [0.15, 0.2) is 0 Å². The first kappa shape index (κ1) is 17.3. The van der Waals surface area contributed by atoms with Crippen LogP contribution in [0, 0.1) is 0 Å². The Hall–Kier alpha value is -3.55. The van der Waals surface area contributed by atoms with E-state index in [0.29, 0.717) is 6.61 Å². The third kappa shape index (κ3) is 2.49. The minimum absolute atomic E-state index is 0.288. The summed E-state index contributed by atoms with van der Waals surface area (Å²) in [4.78, 5) is 28.7. The molecule has 8 nitrogen and oxygen atoms in total. The molecular formula is C22H22N6O2. The molecule has 152 valence electrons. The van der Waals surface area contributed by atoms with Crippen LogP contribution in [0.15, 0.2) is 64.5 Å². The Morgan fingerprint density at radius 1 is 1.30 bits per heavy atom. The van der Waals surface area contributed by atoms with Crippen LogP contribution in [0.5, 0.6) is 0 Å². The summed E-state index contributed by atoms with van der Waals surface area (Å²) in [5.74, 6) is 0.637. The predicted molar refractivity (Wildman–Crippen MR) is 112 cm³/mol. The highest BCUT2D eigenvalue weighted by molar-refractivity contribution is 6.04. The number of benzene rings is 1. The van der Waals surface area contributed by atoms with E-state index in [1.165, 1.54) is 5.57 Å². The summed E-state index contributed by atoms with van der Waals surface area (Å²) < 4.78 is 5.91. The molecule has 1 fully saturated rings. The van der Waals surface area contributed by atoms with E-state index >= 15 is 0 Å². The van der Waals surface area contributed by atoms with E-state index in [-0.39, 0.29) is 11.9 Å². The maximum Gasteiger partial charge on any atom is 0.240 e. The van der Waals surface area contributed by atoms with Gasteiger partial charge in [0, 0.05) is 30.4 Å². The highest BCUT2D eigenvalue weighted by Crippen LogP contribution is 2.41. The van der Waals surface area contributed by atoms with Crippen molar-refractivity contribution in [2.75, 3.05) is 19.7 Å². The number of ether oxygens (including phenoxy) is 1. The lowest BCUT2D eigenvalue weighted by Crippen LogP contribution is -2.41. The molecule has 1 amide bonds.